The van der Waals surface area contributed by atoms with Gasteiger partial charge in [0.25, 0.3) is 0 Å². The third kappa shape index (κ3) is 2.87. The second-order valence-electron chi connectivity index (χ2n) is 6.94. The van der Waals surface area contributed by atoms with Crippen molar-refractivity contribution in [1.29, 1.82) is 0 Å². The molecule has 0 aromatic heterocycles. The molecule has 0 saturated carbocycles. The summed E-state index contributed by atoms with van der Waals surface area (Å²) in [5.74, 6) is -0.926. The van der Waals surface area contributed by atoms with Gasteiger partial charge in [-0.2, -0.15) is 0 Å². The van der Waals surface area contributed by atoms with Gasteiger partial charge in [0.15, 0.2) is 0 Å². The summed E-state index contributed by atoms with van der Waals surface area (Å²) in [6, 6.07) is 12.0. The van der Waals surface area contributed by atoms with Crippen molar-refractivity contribution in [2.24, 2.45) is 0 Å². The Bertz CT molecular complexity index is 953. The number of nitrogens with one attached hydrogen (secondary N) is 1. The van der Waals surface area contributed by atoms with Gasteiger partial charge in [-0.1, -0.05) is 30.3 Å². The SMILES string of the molecule is Cc1cccc(NC(=O)[C@H]2CCC(=O)N2[C@@H]2OC(=O)c3ccccc32)c1C. The highest BCUT2D eigenvalue weighted by molar-refractivity contribution is 6.00. The molecule has 2 amide bonds. The Morgan fingerprint density at radius 2 is 1.89 bits per heavy atom. The van der Waals surface area contributed by atoms with Crippen LogP contribution in [0.2, 0.25) is 0 Å². The van der Waals surface area contributed by atoms with Gasteiger partial charge in [-0.25, -0.2) is 4.79 Å². The van der Waals surface area contributed by atoms with Gasteiger partial charge in [-0.05, 0) is 43.5 Å². The van der Waals surface area contributed by atoms with E-state index >= 15 is 0 Å². The average Bonchev–Trinajstić information content (AvgIpc) is 3.19. The number of rotatable bonds is 3. The summed E-state index contributed by atoms with van der Waals surface area (Å²) in [4.78, 5) is 39.0. The monoisotopic (exact) mass is 364 g/mol. The van der Waals surface area contributed by atoms with Crippen LogP contribution in [-0.2, 0) is 14.3 Å². The van der Waals surface area contributed by atoms with E-state index in [4.69, 9.17) is 4.74 Å². The number of amides is 2. The molecule has 6 nitrogen and oxygen atoms in total. The molecule has 4 rings (SSSR count). The topological polar surface area (TPSA) is 75.7 Å². The number of nitrogens with zero attached hydrogens (tertiary/aromatic N) is 1. The molecule has 0 radical (unpaired) electrons. The van der Waals surface area contributed by atoms with Crippen LogP contribution < -0.4 is 5.32 Å². The maximum absolute atomic E-state index is 12.9. The highest BCUT2D eigenvalue weighted by Gasteiger charge is 2.46. The lowest BCUT2D eigenvalue weighted by atomic mass is 10.1. The van der Waals surface area contributed by atoms with Crippen molar-refractivity contribution in [3.05, 3.63) is 64.7 Å². The molecule has 0 aliphatic carbocycles. The lowest BCUT2D eigenvalue weighted by Gasteiger charge is -2.29. The first kappa shape index (κ1) is 17.3. The summed E-state index contributed by atoms with van der Waals surface area (Å²) in [6.45, 7) is 3.92. The van der Waals surface area contributed by atoms with E-state index in [1.165, 1.54) is 4.90 Å². The maximum Gasteiger partial charge on any atom is 0.340 e. The van der Waals surface area contributed by atoms with E-state index in [1.54, 1.807) is 24.3 Å². The fourth-order valence-corrected chi connectivity index (χ4v) is 3.69. The van der Waals surface area contributed by atoms with Gasteiger partial charge < -0.3 is 10.1 Å². The molecule has 2 aromatic carbocycles. The Morgan fingerprint density at radius 1 is 1.11 bits per heavy atom. The fourth-order valence-electron chi connectivity index (χ4n) is 3.69. The van der Waals surface area contributed by atoms with Crippen molar-refractivity contribution >= 4 is 23.5 Å². The Labute approximate surface area is 157 Å². The molecule has 0 spiro atoms. The summed E-state index contributed by atoms with van der Waals surface area (Å²) in [5, 5.41) is 2.93. The zero-order valence-corrected chi connectivity index (χ0v) is 15.2. The van der Waals surface area contributed by atoms with E-state index in [-0.39, 0.29) is 18.2 Å². The molecule has 138 valence electrons. The van der Waals surface area contributed by atoms with Crippen LogP contribution in [0.5, 0.6) is 0 Å². The normalized spacial score (nSPS) is 21.2. The number of likely N-dealkylation sites (tertiary alicyclic amines) is 1. The number of carbonyl (C=O) groups excluding carboxylic acids is 3. The minimum atomic E-state index is -0.849. The van der Waals surface area contributed by atoms with Crippen LogP contribution in [0.4, 0.5) is 5.69 Å². The quantitative estimate of drug-likeness (QED) is 0.849. The maximum atomic E-state index is 12.9. The highest BCUT2D eigenvalue weighted by Crippen LogP contribution is 2.38. The Morgan fingerprint density at radius 3 is 2.70 bits per heavy atom. The Balaban J connectivity index is 1.62. The van der Waals surface area contributed by atoms with Gasteiger partial charge in [0, 0.05) is 17.7 Å². The minimum absolute atomic E-state index is 0.189. The summed E-state index contributed by atoms with van der Waals surface area (Å²) < 4.78 is 5.45. The molecular formula is C21H20N2O4. The molecule has 2 aliphatic rings. The molecule has 0 bridgehead atoms. The van der Waals surface area contributed by atoms with E-state index < -0.39 is 18.2 Å². The number of aryl methyl sites for hydroxylation is 1. The molecule has 6 heteroatoms. The van der Waals surface area contributed by atoms with E-state index in [1.807, 2.05) is 32.0 Å². The standard InChI is InChI=1S/C21H20N2O4/c1-12-6-5-9-16(13(12)2)22-19(25)17-10-11-18(24)23(17)20-14-7-3-4-8-15(14)21(26)27-20/h3-9,17,20H,10-11H2,1-2H3,(H,22,25)/t17-,20-/m1/s1. The van der Waals surface area contributed by atoms with Crippen LogP contribution in [-0.4, -0.2) is 28.7 Å². The molecule has 1 fully saturated rings. The largest absolute Gasteiger partial charge is 0.433 e. The summed E-state index contributed by atoms with van der Waals surface area (Å²) in [7, 11) is 0. The number of carbonyl (C=O) groups is 3. The van der Waals surface area contributed by atoms with Crippen LogP contribution in [0.25, 0.3) is 0 Å². The van der Waals surface area contributed by atoms with E-state index in [0.29, 0.717) is 17.5 Å². The van der Waals surface area contributed by atoms with Crippen molar-refractivity contribution in [2.75, 3.05) is 5.32 Å². The first-order valence-corrected chi connectivity index (χ1v) is 8.95. The summed E-state index contributed by atoms with van der Waals surface area (Å²) in [6.07, 6.45) is -0.203. The van der Waals surface area contributed by atoms with E-state index in [2.05, 4.69) is 5.32 Å². The van der Waals surface area contributed by atoms with Gasteiger partial charge in [0.05, 0.1) is 5.56 Å². The van der Waals surface area contributed by atoms with E-state index in [0.717, 1.165) is 16.8 Å². The second-order valence-corrected chi connectivity index (χ2v) is 6.94. The number of ether oxygens (including phenoxy) is 1. The number of fused-ring (bicyclic) bond motifs is 1. The van der Waals surface area contributed by atoms with Crippen molar-refractivity contribution in [1.82, 2.24) is 4.90 Å². The number of hydrogen-bond acceptors (Lipinski definition) is 4. The lowest BCUT2D eigenvalue weighted by molar-refractivity contribution is -0.144. The van der Waals surface area contributed by atoms with Gasteiger partial charge in [-0.3, -0.25) is 14.5 Å². The van der Waals surface area contributed by atoms with Crippen LogP contribution in [0, 0.1) is 13.8 Å². The zero-order valence-electron chi connectivity index (χ0n) is 15.2. The van der Waals surface area contributed by atoms with Crippen LogP contribution >= 0.6 is 0 Å². The number of benzene rings is 2. The number of anilines is 1. The minimum Gasteiger partial charge on any atom is -0.433 e. The first-order valence-electron chi connectivity index (χ1n) is 8.95. The molecule has 2 atom stereocenters. The van der Waals surface area contributed by atoms with Crippen LogP contribution in [0.1, 0.15) is 46.1 Å². The van der Waals surface area contributed by atoms with E-state index in [9.17, 15) is 14.4 Å². The van der Waals surface area contributed by atoms with Crippen molar-refractivity contribution in [2.45, 2.75) is 39.0 Å². The predicted octanol–water partition coefficient (Wildman–Crippen LogP) is 3.10. The van der Waals surface area contributed by atoms with Crippen molar-refractivity contribution in [3.63, 3.8) is 0 Å². The average molecular weight is 364 g/mol. The summed E-state index contributed by atoms with van der Waals surface area (Å²) >= 11 is 0. The van der Waals surface area contributed by atoms with Crippen LogP contribution in [0.15, 0.2) is 42.5 Å². The molecule has 27 heavy (non-hydrogen) atoms. The van der Waals surface area contributed by atoms with Crippen LogP contribution in [0.3, 0.4) is 0 Å². The number of hydrogen-bond donors (Lipinski definition) is 1. The molecule has 0 unspecified atom stereocenters. The van der Waals surface area contributed by atoms with Gasteiger partial charge in [0.1, 0.15) is 6.04 Å². The van der Waals surface area contributed by atoms with Gasteiger partial charge in [-0.15, -0.1) is 0 Å². The molecule has 1 N–H and O–H groups in total. The molecule has 2 aromatic rings. The number of esters is 1. The van der Waals surface area contributed by atoms with Crippen molar-refractivity contribution < 1.29 is 19.1 Å². The fraction of sp³-hybridized carbons (Fsp3) is 0.286. The molecule has 2 heterocycles. The Hall–Kier alpha value is -3.15. The Kier molecular flexibility index (Phi) is 4.18. The first-order chi connectivity index (χ1) is 13.0. The predicted molar refractivity (Wildman–Crippen MR) is 99.0 cm³/mol. The molecular weight excluding hydrogens is 344 g/mol. The van der Waals surface area contributed by atoms with Crippen molar-refractivity contribution in [3.8, 4) is 0 Å². The molecule has 1 saturated heterocycles. The molecule has 2 aliphatic heterocycles. The smallest absolute Gasteiger partial charge is 0.340 e. The zero-order chi connectivity index (χ0) is 19.1. The summed E-state index contributed by atoms with van der Waals surface area (Å²) in [5.41, 5.74) is 3.85. The highest BCUT2D eigenvalue weighted by atomic mass is 16.6. The second kappa shape index (κ2) is 6.54. The lowest BCUT2D eigenvalue weighted by Crippen LogP contribution is -2.44. The third-order valence-corrected chi connectivity index (χ3v) is 5.34. The van der Waals surface area contributed by atoms with Gasteiger partial charge in [0.2, 0.25) is 18.0 Å². The van der Waals surface area contributed by atoms with Gasteiger partial charge >= 0.3 is 5.97 Å². The third-order valence-electron chi connectivity index (χ3n) is 5.34. The number of cyclic esters (lactones) is 1.